The first-order valence-corrected chi connectivity index (χ1v) is 9.22. The van der Waals surface area contributed by atoms with E-state index in [-0.39, 0.29) is 11.9 Å². The maximum atomic E-state index is 13.0. The highest BCUT2D eigenvalue weighted by atomic mass is 16.2. The van der Waals surface area contributed by atoms with E-state index < -0.39 is 0 Å². The third-order valence-electron chi connectivity index (χ3n) is 5.61. The molecule has 3 nitrogen and oxygen atoms in total. The minimum Gasteiger partial charge on any atom is -0.321 e. The maximum Gasteiger partial charge on any atom is 0.284 e. The number of benzene rings is 2. The molecule has 4 rings (SSSR count). The van der Waals surface area contributed by atoms with Gasteiger partial charge in [-0.1, -0.05) is 48.5 Å². The summed E-state index contributed by atoms with van der Waals surface area (Å²) >= 11 is 0. The number of para-hydroxylation sites is 1. The lowest BCUT2D eigenvalue weighted by Crippen LogP contribution is -3.17. The van der Waals surface area contributed by atoms with Crippen LogP contribution in [0.15, 0.2) is 60.7 Å². The molecule has 0 radical (unpaired) electrons. The van der Waals surface area contributed by atoms with Gasteiger partial charge in [-0.15, -0.1) is 0 Å². The van der Waals surface area contributed by atoms with Crippen molar-refractivity contribution in [2.45, 2.75) is 25.8 Å². The van der Waals surface area contributed by atoms with Crippen LogP contribution in [0.25, 0.3) is 5.57 Å². The highest BCUT2D eigenvalue weighted by Crippen LogP contribution is 2.27. The molecule has 2 aromatic rings. The van der Waals surface area contributed by atoms with Gasteiger partial charge in [0.05, 0.1) is 13.1 Å². The Morgan fingerprint density at radius 1 is 1.04 bits per heavy atom. The van der Waals surface area contributed by atoms with Gasteiger partial charge in [0.2, 0.25) is 0 Å². The van der Waals surface area contributed by atoms with Gasteiger partial charge in [-0.05, 0) is 42.2 Å². The normalized spacial score (nSPS) is 20.8. The fraction of sp³-hybridized carbons (Fsp3) is 0.318. The molecule has 2 aromatic carbocycles. The van der Waals surface area contributed by atoms with Crippen LogP contribution in [0.3, 0.4) is 0 Å². The molecule has 1 amide bonds. The SMILES string of the molecule is C[C@@H](C(=O)N1CCc2ccccc21)[NH+]1CC=C(c2ccccc2)CC1. The number of nitrogens with one attached hydrogen (secondary N) is 1. The van der Waals surface area contributed by atoms with Gasteiger partial charge in [0.1, 0.15) is 0 Å². The second-order valence-electron chi connectivity index (χ2n) is 7.05. The molecule has 0 aliphatic carbocycles. The van der Waals surface area contributed by atoms with Crippen molar-refractivity contribution >= 4 is 17.2 Å². The van der Waals surface area contributed by atoms with E-state index >= 15 is 0 Å². The van der Waals surface area contributed by atoms with Crippen LogP contribution in [0.5, 0.6) is 0 Å². The van der Waals surface area contributed by atoms with Gasteiger partial charge in [-0.2, -0.15) is 0 Å². The number of quaternary nitrogens is 1. The van der Waals surface area contributed by atoms with Crippen molar-refractivity contribution in [1.82, 2.24) is 0 Å². The second kappa shape index (κ2) is 6.85. The molecular weight excluding hydrogens is 308 g/mol. The molecular formula is C22H25N2O+. The summed E-state index contributed by atoms with van der Waals surface area (Å²) in [6, 6.07) is 18.9. The molecule has 0 saturated heterocycles. The number of hydrogen-bond acceptors (Lipinski definition) is 1. The average molecular weight is 333 g/mol. The first-order valence-electron chi connectivity index (χ1n) is 9.22. The first kappa shape index (κ1) is 16.1. The number of rotatable bonds is 3. The first-order chi connectivity index (χ1) is 12.2. The van der Waals surface area contributed by atoms with E-state index in [4.69, 9.17) is 0 Å². The third-order valence-corrected chi connectivity index (χ3v) is 5.61. The van der Waals surface area contributed by atoms with Gasteiger partial charge >= 0.3 is 0 Å². The highest BCUT2D eigenvalue weighted by Gasteiger charge is 2.33. The molecule has 2 aliphatic rings. The van der Waals surface area contributed by atoms with Crippen molar-refractivity contribution in [2.75, 3.05) is 24.5 Å². The smallest absolute Gasteiger partial charge is 0.284 e. The van der Waals surface area contributed by atoms with Gasteiger partial charge in [-0.3, -0.25) is 4.79 Å². The Morgan fingerprint density at radius 2 is 1.80 bits per heavy atom. The molecule has 1 unspecified atom stereocenters. The van der Waals surface area contributed by atoms with Crippen LogP contribution in [0.4, 0.5) is 5.69 Å². The van der Waals surface area contributed by atoms with Gasteiger partial charge < -0.3 is 9.80 Å². The van der Waals surface area contributed by atoms with E-state index in [1.807, 2.05) is 11.0 Å². The van der Waals surface area contributed by atoms with E-state index in [2.05, 4.69) is 61.5 Å². The topological polar surface area (TPSA) is 24.8 Å². The van der Waals surface area contributed by atoms with Crippen molar-refractivity contribution in [2.24, 2.45) is 0 Å². The molecule has 0 aromatic heterocycles. The van der Waals surface area contributed by atoms with Crippen LogP contribution in [0.2, 0.25) is 0 Å². The number of hydrogen-bond donors (Lipinski definition) is 1. The Hall–Kier alpha value is -2.39. The zero-order valence-corrected chi connectivity index (χ0v) is 14.7. The number of carbonyl (C=O) groups excluding carboxylic acids is 1. The summed E-state index contributed by atoms with van der Waals surface area (Å²) in [5.74, 6) is 0.261. The summed E-state index contributed by atoms with van der Waals surface area (Å²) in [6.07, 6.45) is 4.32. The summed E-state index contributed by atoms with van der Waals surface area (Å²) in [5, 5.41) is 0. The average Bonchev–Trinajstić information content (AvgIpc) is 3.12. The van der Waals surface area contributed by atoms with Crippen LogP contribution in [-0.4, -0.2) is 31.6 Å². The fourth-order valence-corrected chi connectivity index (χ4v) is 4.04. The Balaban J connectivity index is 1.45. The Labute approximate surface area is 149 Å². The Kier molecular flexibility index (Phi) is 4.41. The molecule has 2 aliphatic heterocycles. The van der Waals surface area contributed by atoms with E-state index in [0.717, 1.165) is 38.2 Å². The van der Waals surface area contributed by atoms with Crippen molar-refractivity contribution in [1.29, 1.82) is 0 Å². The Bertz CT molecular complexity index is 797. The summed E-state index contributed by atoms with van der Waals surface area (Å²) < 4.78 is 0. The number of amides is 1. The quantitative estimate of drug-likeness (QED) is 0.916. The lowest BCUT2D eigenvalue weighted by molar-refractivity contribution is -0.909. The maximum absolute atomic E-state index is 13.0. The molecule has 2 heterocycles. The zero-order valence-electron chi connectivity index (χ0n) is 14.7. The summed E-state index contributed by atoms with van der Waals surface area (Å²) in [7, 11) is 0. The predicted octanol–water partition coefficient (Wildman–Crippen LogP) is 2.34. The summed E-state index contributed by atoms with van der Waals surface area (Å²) in [4.78, 5) is 16.4. The number of carbonyl (C=O) groups is 1. The minimum atomic E-state index is -0.000250. The molecule has 128 valence electrons. The molecule has 0 fully saturated rings. The van der Waals surface area contributed by atoms with Gasteiger partial charge in [0.25, 0.3) is 5.91 Å². The molecule has 3 heteroatoms. The standard InChI is InChI=1S/C22H24N2O/c1-17(22(25)24-16-13-20-9-5-6-10-21(20)24)23-14-11-19(12-15-23)18-7-3-2-4-8-18/h2-11,17H,12-16H2,1H3/p+1/t17-/m0/s1. The largest absolute Gasteiger partial charge is 0.321 e. The molecule has 25 heavy (non-hydrogen) atoms. The van der Waals surface area contributed by atoms with Crippen LogP contribution in [-0.2, 0) is 11.2 Å². The predicted molar refractivity (Wildman–Crippen MR) is 102 cm³/mol. The lowest BCUT2D eigenvalue weighted by atomic mass is 9.99. The van der Waals surface area contributed by atoms with Crippen molar-refractivity contribution in [3.05, 3.63) is 71.8 Å². The monoisotopic (exact) mass is 333 g/mol. The highest BCUT2D eigenvalue weighted by molar-refractivity contribution is 5.98. The van der Waals surface area contributed by atoms with Crippen LogP contribution >= 0.6 is 0 Å². The lowest BCUT2D eigenvalue weighted by Gasteiger charge is -2.30. The molecule has 0 spiro atoms. The van der Waals surface area contributed by atoms with Crippen molar-refractivity contribution in [3.63, 3.8) is 0 Å². The minimum absolute atomic E-state index is 0.000250. The number of anilines is 1. The summed E-state index contributed by atoms with van der Waals surface area (Å²) in [5.41, 5.74) is 5.13. The Morgan fingerprint density at radius 3 is 2.56 bits per heavy atom. The van der Waals surface area contributed by atoms with E-state index in [1.54, 1.807) is 0 Å². The van der Waals surface area contributed by atoms with Crippen molar-refractivity contribution in [3.8, 4) is 0 Å². The van der Waals surface area contributed by atoms with Gasteiger partial charge in [0.15, 0.2) is 6.04 Å². The van der Waals surface area contributed by atoms with Gasteiger partial charge in [-0.25, -0.2) is 0 Å². The molecule has 2 atom stereocenters. The van der Waals surface area contributed by atoms with E-state index in [9.17, 15) is 4.79 Å². The van der Waals surface area contributed by atoms with E-state index in [1.165, 1.54) is 21.6 Å². The van der Waals surface area contributed by atoms with Crippen LogP contribution in [0.1, 0.15) is 24.5 Å². The van der Waals surface area contributed by atoms with Crippen LogP contribution < -0.4 is 9.80 Å². The molecule has 0 saturated carbocycles. The molecule has 0 bridgehead atoms. The number of nitrogens with zero attached hydrogens (tertiary/aromatic N) is 1. The third kappa shape index (κ3) is 3.12. The summed E-state index contributed by atoms with van der Waals surface area (Å²) in [6.45, 7) is 4.84. The second-order valence-corrected chi connectivity index (χ2v) is 7.05. The van der Waals surface area contributed by atoms with Crippen molar-refractivity contribution < 1.29 is 9.69 Å². The van der Waals surface area contributed by atoms with Gasteiger partial charge in [0, 0.05) is 18.7 Å². The zero-order chi connectivity index (χ0) is 17.2. The number of fused-ring (bicyclic) bond motifs is 1. The fourth-order valence-electron chi connectivity index (χ4n) is 4.04. The molecule has 1 N–H and O–H groups in total. The van der Waals surface area contributed by atoms with Crippen LogP contribution in [0, 0.1) is 0 Å². The van der Waals surface area contributed by atoms with E-state index in [0.29, 0.717) is 0 Å².